The Morgan fingerprint density at radius 2 is 1.21 bits per heavy atom. The van der Waals surface area contributed by atoms with Crippen LogP contribution in [0.1, 0.15) is 21.9 Å². The van der Waals surface area contributed by atoms with Crippen LogP contribution in [0.25, 0.3) is 72.2 Å². The largest absolute Gasteiger partial charge is 0.455 e. The number of hydrogen-bond acceptors (Lipinski definition) is 3. The van der Waals surface area contributed by atoms with Gasteiger partial charge in [-0.15, -0.1) is 0 Å². The first kappa shape index (κ1) is 15.9. The van der Waals surface area contributed by atoms with Crippen molar-refractivity contribution < 1.29 is 26.7 Å². The van der Waals surface area contributed by atoms with Crippen LogP contribution in [0.3, 0.4) is 0 Å². The zero-order valence-corrected chi connectivity index (χ0v) is 24.8. The third-order valence-electron chi connectivity index (χ3n) is 7.66. The van der Waals surface area contributed by atoms with Crippen molar-refractivity contribution in [3.63, 3.8) is 0 Å². The van der Waals surface area contributed by atoms with Crippen molar-refractivity contribution in [2.24, 2.45) is 0 Å². The maximum Gasteiger partial charge on any atom is 0.160 e. The number of fused-ring (bicyclic) bond motifs is 4. The zero-order chi connectivity index (χ0) is 45.8. The summed E-state index contributed by atoms with van der Waals surface area (Å²) in [7, 11) is 0. The minimum atomic E-state index is -0.743. The number of nitrogens with zero attached hydrogens (tertiary/aromatic N) is 3. The molecule has 48 heavy (non-hydrogen) atoms. The SMILES string of the molecule is [2H]c1cc(Oc2cc([2H])c(-c3cc(-c4ccccc4)nc(-c4ccccc4)n3)c([2H])c2-n2c3c([2H])c([2H])c([2H])c([2H])c3c3c([2H])c4c([2H])c([2H])c([2H])c([2H])c4c([2H])c32)c([2H])c([2H])c1[2H]. The maximum atomic E-state index is 10.1. The van der Waals surface area contributed by atoms with Gasteiger partial charge in [0.1, 0.15) is 5.75 Å². The minimum Gasteiger partial charge on any atom is -0.455 e. The number of ether oxygens (including phenoxy) is 1. The lowest BCUT2D eigenvalue weighted by atomic mass is 10.1. The number of hydrogen-bond donors (Lipinski definition) is 0. The van der Waals surface area contributed by atoms with Crippen LogP contribution in [0.4, 0.5) is 0 Å². The number of para-hydroxylation sites is 2. The first-order chi connectivity index (χ1) is 30.4. The molecular formula is C44H29N3O. The van der Waals surface area contributed by atoms with Gasteiger partial charge in [0, 0.05) is 27.5 Å². The van der Waals surface area contributed by atoms with Gasteiger partial charge >= 0.3 is 0 Å². The lowest BCUT2D eigenvalue weighted by molar-refractivity contribution is 0.481. The molecule has 0 fully saturated rings. The van der Waals surface area contributed by atoms with Crippen molar-refractivity contribution in [1.82, 2.24) is 14.5 Å². The molecule has 4 heteroatoms. The van der Waals surface area contributed by atoms with E-state index in [1.165, 1.54) is 0 Å². The van der Waals surface area contributed by atoms with Crippen LogP contribution in [0.5, 0.6) is 11.5 Å². The Balaban J connectivity index is 1.51. The maximum absolute atomic E-state index is 10.1. The van der Waals surface area contributed by atoms with Crippen LogP contribution >= 0.6 is 0 Å². The summed E-state index contributed by atoms with van der Waals surface area (Å²) in [5, 5.41) is -1.44. The van der Waals surface area contributed by atoms with Crippen LogP contribution in [0, 0.1) is 0 Å². The smallest absolute Gasteiger partial charge is 0.160 e. The fraction of sp³-hybridized carbons (Fsp3) is 0. The van der Waals surface area contributed by atoms with Gasteiger partial charge < -0.3 is 9.30 Å². The topological polar surface area (TPSA) is 39.9 Å². The number of benzene rings is 7. The lowest BCUT2D eigenvalue weighted by Gasteiger charge is -2.17. The zero-order valence-electron chi connectivity index (χ0n) is 40.8. The summed E-state index contributed by atoms with van der Waals surface area (Å²) in [5.74, 6) is -0.679. The van der Waals surface area contributed by atoms with E-state index < -0.39 is 113 Å². The first-order valence-corrected chi connectivity index (χ1v) is 14.8. The molecule has 0 atom stereocenters. The molecule has 0 spiro atoms. The van der Waals surface area contributed by atoms with E-state index in [0.29, 0.717) is 16.8 Å². The van der Waals surface area contributed by atoms with E-state index in [4.69, 9.17) is 29.8 Å². The standard InChI is InChI=1S/C44H29N3O/c1-4-14-30(15-5-1)38-29-39(46-44(45-38)31-16-6-2-7-17-31)34-24-25-43(48-35-20-8-3-9-21-35)42(28-34)47-40-23-13-12-22-36(40)37-26-32-18-10-11-19-33(32)27-41(37)47/h1-29H/i3D,8D,9D,10D,11D,12D,13D,18D,19D,20D,22D,23D,24D,26D,27D,28D. The Morgan fingerprint density at radius 1 is 0.521 bits per heavy atom. The normalized spacial score (nSPS) is 16.0. The van der Waals surface area contributed by atoms with Gasteiger partial charge in [-0.05, 0) is 65.2 Å². The molecule has 2 aromatic heterocycles. The Bertz CT molecular complexity index is 3430. The molecule has 0 saturated heterocycles. The number of rotatable bonds is 6. The van der Waals surface area contributed by atoms with Gasteiger partial charge in [-0.2, -0.15) is 0 Å². The van der Waals surface area contributed by atoms with Gasteiger partial charge in [-0.3, -0.25) is 0 Å². The fourth-order valence-electron chi connectivity index (χ4n) is 5.50. The molecule has 0 radical (unpaired) electrons. The predicted molar refractivity (Wildman–Crippen MR) is 197 cm³/mol. The van der Waals surface area contributed by atoms with Gasteiger partial charge in [0.15, 0.2) is 11.6 Å². The van der Waals surface area contributed by atoms with Crippen LogP contribution in [-0.2, 0) is 0 Å². The summed E-state index contributed by atoms with van der Waals surface area (Å²) in [6.07, 6.45) is 0. The summed E-state index contributed by atoms with van der Waals surface area (Å²) >= 11 is 0. The molecule has 0 unspecified atom stereocenters. The Morgan fingerprint density at radius 3 is 2.02 bits per heavy atom. The molecule has 0 aliphatic rings. The second-order valence-electron chi connectivity index (χ2n) is 10.6. The molecule has 0 aliphatic heterocycles. The second-order valence-corrected chi connectivity index (χ2v) is 10.6. The van der Waals surface area contributed by atoms with E-state index >= 15 is 0 Å². The summed E-state index contributed by atoms with van der Waals surface area (Å²) < 4.78 is 150. The first-order valence-electron chi connectivity index (χ1n) is 22.8. The predicted octanol–water partition coefficient (Wildman–Crippen LogP) is 11.5. The third kappa shape index (κ3) is 4.97. The van der Waals surface area contributed by atoms with Crippen LogP contribution in [0.15, 0.2) is 176 Å². The molecule has 7 aromatic carbocycles. The summed E-state index contributed by atoms with van der Waals surface area (Å²) in [5.41, 5.74) is 0.368. The highest BCUT2D eigenvalue weighted by Crippen LogP contribution is 2.40. The van der Waals surface area contributed by atoms with Gasteiger partial charge in [-0.25, -0.2) is 9.97 Å². The van der Waals surface area contributed by atoms with E-state index in [0.717, 1.165) is 16.7 Å². The molecule has 226 valence electrons. The van der Waals surface area contributed by atoms with Crippen molar-refractivity contribution in [2.75, 3.05) is 0 Å². The molecule has 0 aliphatic carbocycles. The highest BCUT2D eigenvalue weighted by molar-refractivity contribution is 6.13. The van der Waals surface area contributed by atoms with Crippen LogP contribution < -0.4 is 4.74 Å². The Hall–Kier alpha value is -6.52. The highest BCUT2D eigenvalue weighted by Gasteiger charge is 2.19. The molecule has 9 aromatic rings. The van der Waals surface area contributed by atoms with Gasteiger partial charge in [0.25, 0.3) is 0 Å². The third-order valence-corrected chi connectivity index (χ3v) is 7.66. The molecule has 2 heterocycles. The van der Waals surface area contributed by atoms with Crippen molar-refractivity contribution >= 4 is 32.6 Å². The van der Waals surface area contributed by atoms with Gasteiger partial charge in [-0.1, -0.05) is 121 Å². The van der Waals surface area contributed by atoms with E-state index in [1.807, 2.05) is 24.3 Å². The van der Waals surface area contributed by atoms with Gasteiger partial charge in [0.05, 0.1) is 50.0 Å². The Kier molecular flexibility index (Phi) is 3.86. The summed E-state index contributed by atoms with van der Waals surface area (Å²) in [4.78, 5) is 9.63. The molecule has 4 nitrogen and oxygen atoms in total. The van der Waals surface area contributed by atoms with Crippen LogP contribution in [0.2, 0.25) is 0 Å². The van der Waals surface area contributed by atoms with Crippen LogP contribution in [-0.4, -0.2) is 14.5 Å². The van der Waals surface area contributed by atoms with Crippen molar-refractivity contribution in [1.29, 1.82) is 0 Å². The van der Waals surface area contributed by atoms with Crippen molar-refractivity contribution in [2.45, 2.75) is 0 Å². The highest BCUT2D eigenvalue weighted by atomic mass is 16.5. The molecule has 0 bridgehead atoms. The fourth-order valence-corrected chi connectivity index (χ4v) is 5.50. The van der Waals surface area contributed by atoms with E-state index in [9.17, 15) is 6.85 Å². The molecule has 0 saturated carbocycles. The second kappa shape index (κ2) is 11.7. The quantitative estimate of drug-likeness (QED) is 0.183. The summed E-state index contributed by atoms with van der Waals surface area (Å²) in [6, 6.07) is 11.6. The monoisotopic (exact) mass is 631 g/mol. The summed E-state index contributed by atoms with van der Waals surface area (Å²) in [6.45, 7) is 0. The average molecular weight is 632 g/mol. The van der Waals surface area contributed by atoms with E-state index in [1.54, 1.807) is 42.5 Å². The molecular weight excluding hydrogens is 587 g/mol. The lowest BCUT2D eigenvalue weighted by Crippen LogP contribution is -2.00. The molecule has 9 rings (SSSR count). The molecule has 0 N–H and O–H groups in total. The van der Waals surface area contributed by atoms with Gasteiger partial charge in [0.2, 0.25) is 0 Å². The number of aromatic nitrogens is 3. The molecule has 0 amide bonds. The van der Waals surface area contributed by atoms with E-state index in [2.05, 4.69) is 0 Å². The van der Waals surface area contributed by atoms with Crippen molar-refractivity contribution in [3.8, 4) is 51.1 Å². The van der Waals surface area contributed by atoms with E-state index in [-0.39, 0.29) is 50.3 Å². The van der Waals surface area contributed by atoms with Crippen molar-refractivity contribution in [3.05, 3.63) is 176 Å². The average Bonchev–Trinajstić information content (AvgIpc) is 3.65. The Labute approximate surface area is 300 Å². The minimum absolute atomic E-state index is 0.0478.